The van der Waals surface area contributed by atoms with E-state index in [1.165, 1.54) is 7.11 Å². The molecule has 2 N–H and O–H groups in total. The van der Waals surface area contributed by atoms with Crippen LogP contribution in [-0.4, -0.2) is 50.0 Å². The van der Waals surface area contributed by atoms with Gasteiger partial charge >= 0.3 is 5.97 Å². The lowest BCUT2D eigenvalue weighted by Crippen LogP contribution is -2.44. The molecule has 1 atom stereocenters. The van der Waals surface area contributed by atoms with Gasteiger partial charge in [0.25, 0.3) is 0 Å². The van der Waals surface area contributed by atoms with Crippen molar-refractivity contribution in [1.82, 2.24) is 5.32 Å². The third-order valence-corrected chi connectivity index (χ3v) is 3.66. The standard InChI is InChI=1S/C16H21NO6/c1-16(22-6-7-23-16)12-5-3-4-11(8-12)9-14(19)17-13(10-18)15(20)21-2/h3-5,8,13,18H,6-7,9-10H2,1-2H3,(H,17,19). The van der Waals surface area contributed by atoms with Crippen molar-refractivity contribution in [3.8, 4) is 0 Å². The maximum atomic E-state index is 12.0. The van der Waals surface area contributed by atoms with Gasteiger partial charge in [0.15, 0.2) is 11.8 Å². The average Bonchev–Trinajstić information content (AvgIpc) is 3.00. The summed E-state index contributed by atoms with van der Waals surface area (Å²) in [7, 11) is 1.20. The number of aliphatic hydroxyl groups is 1. The second-order valence-corrected chi connectivity index (χ2v) is 5.35. The fraction of sp³-hybridized carbons (Fsp3) is 0.500. The number of carbonyl (C=O) groups is 2. The molecule has 1 amide bonds. The van der Waals surface area contributed by atoms with Gasteiger partial charge in [-0.1, -0.05) is 18.2 Å². The Morgan fingerprint density at radius 3 is 2.70 bits per heavy atom. The predicted octanol–water partition coefficient (Wildman–Crippen LogP) is 0.0987. The minimum absolute atomic E-state index is 0.0669. The van der Waals surface area contributed by atoms with Gasteiger partial charge in [0.1, 0.15) is 0 Å². The Kier molecular flexibility index (Phi) is 5.70. The summed E-state index contributed by atoms with van der Waals surface area (Å²) >= 11 is 0. The van der Waals surface area contributed by atoms with E-state index in [1.54, 1.807) is 6.07 Å². The van der Waals surface area contributed by atoms with E-state index in [1.807, 2.05) is 25.1 Å². The van der Waals surface area contributed by atoms with Gasteiger partial charge in [0.2, 0.25) is 5.91 Å². The van der Waals surface area contributed by atoms with Crippen LogP contribution in [0.3, 0.4) is 0 Å². The molecule has 1 fully saturated rings. The van der Waals surface area contributed by atoms with Gasteiger partial charge in [-0.3, -0.25) is 4.79 Å². The van der Waals surface area contributed by atoms with Gasteiger partial charge in [-0.15, -0.1) is 0 Å². The molecule has 7 nitrogen and oxygen atoms in total. The van der Waals surface area contributed by atoms with Crippen molar-refractivity contribution in [1.29, 1.82) is 0 Å². The monoisotopic (exact) mass is 323 g/mol. The zero-order valence-corrected chi connectivity index (χ0v) is 13.2. The number of rotatable bonds is 6. The Morgan fingerprint density at radius 1 is 1.39 bits per heavy atom. The van der Waals surface area contributed by atoms with E-state index in [4.69, 9.17) is 14.6 Å². The first-order valence-electron chi connectivity index (χ1n) is 7.34. The van der Waals surface area contributed by atoms with Crippen LogP contribution in [0.15, 0.2) is 24.3 Å². The predicted molar refractivity (Wildman–Crippen MR) is 80.4 cm³/mol. The summed E-state index contributed by atoms with van der Waals surface area (Å²) in [4.78, 5) is 23.4. The fourth-order valence-electron chi connectivity index (χ4n) is 2.40. The number of carbonyl (C=O) groups excluding carboxylic acids is 2. The SMILES string of the molecule is COC(=O)C(CO)NC(=O)Cc1cccc(C2(C)OCCO2)c1. The van der Waals surface area contributed by atoms with E-state index >= 15 is 0 Å². The van der Waals surface area contributed by atoms with E-state index in [9.17, 15) is 9.59 Å². The molecule has 7 heteroatoms. The zero-order chi connectivity index (χ0) is 16.9. The Hall–Kier alpha value is -1.96. The topological polar surface area (TPSA) is 94.1 Å². The van der Waals surface area contributed by atoms with Gasteiger partial charge in [-0.2, -0.15) is 0 Å². The number of ether oxygens (including phenoxy) is 3. The van der Waals surface area contributed by atoms with Crippen LogP contribution >= 0.6 is 0 Å². The molecule has 1 saturated heterocycles. The minimum atomic E-state index is -1.06. The van der Waals surface area contributed by atoms with Crippen molar-refractivity contribution in [2.45, 2.75) is 25.2 Å². The van der Waals surface area contributed by atoms with E-state index in [2.05, 4.69) is 10.1 Å². The number of nitrogens with one attached hydrogen (secondary N) is 1. The molecular formula is C16H21NO6. The van der Waals surface area contributed by atoms with E-state index in [-0.39, 0.29) is 12.3 Å². The highest BCUT2D eigenvalue weighted by molar-refractivity contribution is 5.85. The molecule has 0 bridgehead atoms. The molecule has 0 radical (unpaired) electrons. The summed E-state index contributed by atoms with van der Waals surface area (Å²) < 4.78 is 15.7. The lowest BCUT2D eigenvalue weighted by Gasteiger charge is -2.23. The van der Waals surface area contributed by atoms with Crippen LogP contribution in [0.25, 0.3) is 0 Å². The highest BCUT2D eigenvalue weighted by Crippen LogP contribution is 2.31. The molecule has 1 aliphatic heterocycles. The summed E-state index contributed by atoms with van der Waals surface area (Å²) in [5.74, 6) is -1.87. The van der Waals surface area contributed by atoms with Crippen molar-refractivity contribution < 1.29 is 28.9 Å². The first kappa shape index (κ1) is 17.4. The van der Waals surface area contributed by atoms with Gasteiger partial charge in [-0.05, 0) is 18.6 Å². The molecule has 1 aromatic rings. The lowest BCUT2D eigenvalue weighted by atomic mass is 10.0. The normalized spacial score (nSPS) is 17.5. The van der Waals surface area contributed by atoms with Crippen LogP contribution in [0.5, 0.6) is 0 Å². The third kappa shape index (κ3) is 4.28. The number of aliphatic hydroxyl groups excluding tert-OH is 1. The van der Waals surface area contributed by atoms with Crippen molar-refractivity contribution >= 4 is 11.9 Å². The van der Waals surface area contributed by atoms with E-state index in [0.29, 0.717) is 13.2 Å². The minimum Gasteiger partial charge on any atom is -0.467 e. The second-order valence-electron chi connectivity index (χ2n) is 5.35. The van der Waals surface area contributed by atoms with Gasteiger partial charge in [0, 0.05) is 5.56 Å². The molecule has 126 valence electrons. The summed E-state index contributed by atoms with van der Waals surface area (Å²) in [6.45, 7) is 2.37. The van der Waals surface area contributed by atoms with Crippen LogP contribution in [0.2, 0.25) is 0 Å². The smallest absolute Gasteiger partial charge is 0.330 e. The molecule has 1 unspecified atom stereocenters. The quantitative estimate of drug-likeness (QED) is 0.721. The highest BCUT2D eigenvalue weighted by Gasteiger charge is 2.33. The first-order valence-corrected chi connectivity index (χ1v) is 7.34. The molecular weight excluding hydrogens is 302 g/mol. The van der Waals surface area contributed by atoms with Crippen LogP contribution in [0.1, 0.15) is 18.1 Å². The van der Waals surface area contributed by atoms with E-state index in [0.717, 1.165) is 11.1 Å². The molecule has 0 aliphatic carbocycles. The van der Waals surface area contributed by atoms with Crippen molar-refractivity contribution in [3.63, 3.8) is 0 Å². The van der Waals surface area contributed by atoms with E-state index < -0.39 is 24.4 Å². The maximum absolute atomic E-state index is 12.0. The molecule has 23 heavy (non-hydrogen) atoms. The summed E-state index contributed by atoms with van der Waals surface area (Å²) in [5, 5.41) is 11.6. The number of amides is 1. The summed E-state index contributed by atoms with van der Waals surface area (Å²) in [5.41, 5.74) is 1.58. The third-order valence-electron chi connectivity index (χ3n) is 3.66. The summed E-state index contributed by atoms with van der Waals surface area (Å²) in [6.07, 6.45) is 0.0669. The van der Waals surface area contributed by atoms with Crippen molar-refractivity contribution in [2.24, 2.45) is 0 Å². The number of benzene rings is 1. The first-order chi connectivity index (χ1) is 11.0. The van der Waals surface area contributed by atoms with Crippen molar-refractivity contribution in [2.75, 3.05) is 26.9 Å². The Bertz CT molecular complexity index is 567. The molecule has 2 rings (SSSR count). The van der Waals surface area contributed by atoms with Crippen LogP contribution in [-0.2, 0) is 36.0 Å². The van der Waals surface area contributed by atoms with Crippen LogP contribution < -0.4 is 5.32 Å². The number of methoxy groups -OCH3 is 1. The molecule has 0 saturated carbocycles. The molecule has 0 spiro atoms. The molecule has 0 aromatic heterocycles. The van der Waals surface area contributed by atoms with Crippen LogP contribution in [0.4, 0.5) is 0 Å². The Labute approximate surface area is 134 Å². The average molecular weight is 323 g/mol. The maximum Gasteiger partial charge on any atom is 0.330 e. The highest BCUT2D eigenvalue weighted by atomic mass is 16.7. The number of esters is 1. The molecule has 1 aliphatic rings. The van der Waals surface area contributed by atoms with Crippen molar-refractivity contribution in [3.05, 3.63) is 35.4 Å². The molecule has 1 heterocycles. The van der Waals surface area contributed by atoms with Gasteiger partial charge in [-0.25, -0.2) is 4.79 Å². The second kappa shape index (κ2) is 7.54. The Balaban J connectivity index is 2.02. The number of hydrogen-bond acceptors (Lipinski definition) is 6. The number of hydrogen-bond donors (Lipinski definition) is 2. The van der Waals surface area contributed by atoms with Gasteiger partial charge in [0.05, 0.1) is 33.4 Å². The largest absolute Gasteiger partial charge is 0.467 e. The van der Waals surface area contributed by atoms with Crippen LogP contribution in [0, 0.1) is 0 Å². The fourth-order valence-corrected chi connectivity index (χ4v) is 2.40. The van der Waals surface area contributed by atoms with Gasteiger partial charge < -0.3 is 24.6 Å². The lowest BCUT2D eigenvalue weighted by molar-refractivity contribution is -0.149. The Morgan fingerprint density at radius 2 is 2.09 bits per heavy atom. The molecule has 1 aromatic carbocycles. The zero-order valence-electron chi connectivity index (χ0n) is 13.2. The summed E-state index contributed by atoms with van der Waals surface area (Å²) in [6, 6.07) is 6.26.